The van der Waals surface area contributed by atoms with E-state index in [4.69, 9.17) is 28.4 Å². The number of benzene rings is 1. The fraction of sp³-hybridized carbons (Fsp3) is 0.526. The molecule has 152 valence electrons. The summed E-state index contributed by atoms with van der Waals surface area (Å²) in [4.78, 5) is 34.3. The van der Waals surface area contributed by atoms with E-state index in [9.17, 15) is 14.4 Å². The molecule has 2 saturated heterocycles. The second-order valence-electron chi connectivity index (χ2n) is 6.47. The van der Waals surface area contributed by atoms with Crippen LogP contribution in [0.25, 0.3) is 0 Å². The summed E-state index contributed by atoms with van der Waals surface area (Å²) in [5.74, 6) is -1.69. The van der Waals surface area contributed by atoms with E-state index >= 15 is 0 Å². The minimum atomic E-state index is -0.987. The van der Waals surface area contributed by atoms with E-state index in [1.165, 1.54) is 20.8 Å². The number of rotatable bonds is 6. The summed E-state index contributed by atoms with van der Waals surface area (Å²) in [5, 5.41) is 0. The maximum atomic E-state index is 11.6. The molecule has 0 N–H and O–H groups in total. The Labute approximate surface area is 161 Å². The molecule has 9 heteroatoms. The van der Waals surface area contributed by atoms with Gasteiger partial charge in [0, 0.05) is 26.3 Å². The Kier molecular flexibility index (Phi) is 6.28. The smallest absolute Gasteiger partial charge is 0.303 e. The van der Waals surface area contributed by atoms with E-state index in [0.717, 1.165) is 5.56 Å². The van der Waals surface area contributed by atoms with Gasteiger partial charge in [0.1, 0.15) is 12.7 Å². The van der Waals surface area contributed by atoms with Gasteiger partial charge in [-0.25, -0.2) is 0 Å². The van der Waals surface area contributed by atoms with Gasteiger partial charge in [-0.05, 0) is 0 Å². The number of hydrogen-bond acceptors (Lipinski definition) is 9. The highest BCUT2D eigenvalue weighted by Crippen LogP contribution is 2.41. The molecule has 2 aliphatic heterocycles. The molecule has 0 aliphatic carbocycles. The molecule has 2 aliphatic rings. The molecule has 1 aromatic rings. The second-order valence-corrected chi connectivity index (χ2v) is 6.47. The quantitative estimate of drug-likeness (QED) is 0.520. The van der Waals surface area contributed by atoms with E-state index < -0.39 is 54.9 Å². The molecule has 0 spiro atoms. The average Bonchev–Trinajstić information content (AvgIpc) is 3.18. The molecule has 0 aromatic heterocycles. The third-order valence-electron chi connectivity index (χ3n) is 4.25. The van der Waals surface area contributed by atoms with Crippen LogP contribution in [0.2, 0.25) is 0 Å². The van der Waals surface area contributed by atoms with Crippen molar-refractivity contribution in [2.24, 2.45) is 0 Å². The lowest BCUT2D eigenvalue weighted by atomic mass is 10.1. The van der Waals surface area contributed by atoms with Crippen molar-refractivity contribution >= 4 is 17.9 Å². The summed E-state index contributed by atoms with van der Waals surface area (Å²) in [6.45, 7) is 3.45. The molecular formula is C19H22O9. The van der Waals surface area contributed by atoms with Gasteiger partial charge in [-0.3, -0.25) is 14.4 Å². The van der Waals surface area contributed by atoms with Crippen molar-refractivity contribution in [1.82, 2.24) is 0 Å². The highest BCUT2D eigenvalue weighted by Gasteiger charge is 2.57. The van der Waals surface area contributed by atoms with Crippen LogP contribution in [0.15, 0.2) is 30.3 Å². The summed E-state index contributed by atoms with van der Waals surface area (Å²) in [6.07, 6.45) is -5.06. The Hall–Kier alpha value is -2.49. The fourth-order valence-corrected chi connectivity index (χ4v) is 3.20. The number of hydrogen-bond donors (Lipinski definition) is 0. The Morgan fingerprint density at radius 2 is 1.68 bits per heavy atom. The number of carbonyl (C=O) groups excluding carboxylic acids is 3. The van der Waals surface area contributed by atoms with Crippen LogP contribution in [0.5, 0.6) is 0 Å². The van der Waals surface area contributed by atoms with E-state index in [-0.39, 0.29) is 6.61 Å². The molecule has 2 heterocycles. The first-order chi connectivity index (χ1) is 13.3. The SMILES string of the molecule is CC(=O)OC[C@H](OC(C)=O)[C@H]1O[C@@H]2O[C@H](c3ccccc3)O[C@@H]2[C@H]1OC(C)=O. The van der Waals surface area contributed by atoms with Crippen molar-refractivity contribution in [3.05, 3.63) is 35.9 Å². The number of fused-ring (bicyclic) bond motifs is 1. The molecular weight excluding hydrogens is 372 g/mol. The van der Waals surface area contributed by atoms with Gasteiger partial charge in [-0.15, -0.1) is 0 Å². The first-order valence-electron chi connectivity index (χ1n) is 8.84. The molecule has 3 rings (SSSR count). The highest BCUT2D eigenvalue weighted by atomic mass is 16.8. The maximum Gasteiger partial charge on any atom is 0.303 e. The minimum absolute atomic E-state index is 0.251. The van der Waals surface area contributed by atoms with Crippen LogP contribution in [0.3, 0.4) is 0 Å². The van der Waals surface area contributed by atoms with Crippen LogP contribution >= 0.6 is 0 Å². The molecule has 0 bridgehead atoms. The van der Waals surface area contributed by atoms with Crippen molar-refractivity contribution in [2.45, 2.75) is 57.8 Å². The first-order valence-corrected chi connectivity index (χ1v) is 8.84. The minimum Gasteiger partial charge on any atom is -0.462 e. The van der Waals surface area contributed by atoms with Crippen molar-refractivity contribution in [3.8, 4) is 0 Å². The van der Waals surface area contributed by atoms with Gasteiger partial charge in [-0.1, -0.05) is 30.3 Å². The Morgan fingerprint density at radius 3 is 2.29 bits per heavy atom. The molecule has 0 amide bonds. The average molecular weight is 394 g/mol. The lowest BCUT2D eigenvalue weighted by molar-refractivity contribution is -0.208. The standard InChI is InChI=1S/C19H22O9/c1-10(20)23-9-14(24-11(2)21)15-16(25-12(3)22)17-19(26-15)28-18(27-17)13-7-5-4-6-8-13/h4-8,14-19H,9H2,1-3H3/t14-,15+,16-,17+,18+,19+/m0/s1. The Morgan fingerprint density at radius 1 is 0.964 bits per heavy atom. The van der Waals surface area contributed by atoms with Crippen LogP contribution in [-0.2, 0) is 42.8 Å². The zero-order chi connectivity index (χ0) is 20.3. The zero-order valence-electron chi connectivity index (χ0n) is 15.7. The molecule has 9 nitrogen and oxygen atoms in total. The fourth-order valence-electron chi connectivity index (χ4n) is 3.20. The van der Waals surface area contributed by atoms with Gasteiger partial charge in [0.2, 0.25) is 0 Å². The molecule has 0 unspecified atom stereocenters. The third-order valence-corrected chi connectivity index (χ3v) is 4.25. The normalized spacial score (nSPS) is 29.6. The van der Waals surface area contributed by atoms with Gasteiger partial charge < -0.3 is 28.4 Å². The highest BCUT2D eigenvalue weighted by molar-refractivity contribution is 5.67. The summed E-state index contributed by atoms with van der Waals surface area (Å²) in [7, 11) is 0. The van der Waals surface area contributed by atoms with Gasteiger partial charge in [0.05, 0.1) is 0 Å². The van der Waals surface area contributed by atoms with E-state index in [2.05, 4.69) is 0 Å². The Balaban J connectivity index is 1.78. The third kappa shape index (κ3) is 4.67. The predicted molar refractivity (Wildman–Crippen MR) is 91.5 cm³/mol. The van der Waals surface area contributed by atoms with Gasteiger partial charge in [0.25, 0.3) is 0 Å². The van der Waals surface area contributed by atoms with Crippen molar-refractivity contribution in [3.63, 3.8) is 0 Å². The molecule has 6 atom stereocenters. The van der Waals surface area contributed by atoms with Crippen LogP contribution in [0.1, 0.15) is 32.6 Å². The topological polar surface area (TPSA) is 107 Å². The zero-order valence-corrected chi connectivity index (χ0v) is 15.7. The second kappa shape index (κ2) is 8.68. The summed E-state index contributed by atoms with van der Waals surface area (Å²) >= 11 is 0. The van der Waals surface area contributed by atoms with E-state index in [1.807, 2.05) is 30.3 Å². The lowest BCUT2D eigenvalue weighted by Crippen LogP contribution is -2.46. The molecule has 0 saturated carbocycles. The van der Waals surface area contributed by atoms with Crippen LogP contribution < -0.4 is 0 Å². The number of ether oxygens (including phenoxy) is 6. The van der Waals surface area contributed by atoms with E-state index in [0.29, 0.717) is 0 Å². The largest absolute Gasteiger partial charge is 0.462 e. The van der Waals surface area contributed by atoms with Crippen LogP contribution in [0.4, 0.5) is 0 Å². The van der Waals surface area contributed by atoms with E-state index in [1.54, 1.807) is 0 Å². The molecule has 0 radical (unpaired) electrons. The monoisotopic (exact) mass is 394 g/mol. The number of esters is 3. The first kappa shape index (κ1) is 20.2. The summed E-state index contributed by atoms with van der Waals surface area (Å²) in [5.41, 5.74) is 0.787. The van der Waals surface area contributed by atoms with Crippen molar-refractivity contribution in [2.75, 3.05) is 6.61 Å². The summed E-state index contributed by atoms with van der Waals surface area (Å²) in [6, 6.07) is 9.24. The van der Waals surface area contributed by atoms with Crippen LogP contribution in [-0.4, -0.2) is 55.2 Å². The molecule has 28 heavy (non-hydrogen) atoms. The molecule has 2 fully saturated rings. The predicted octanol–water partition coefficient (Wildman–Crippen LogP) is 1.25. The van der Waals surface area contributed by atoms with Gasteiger partial charge in [-0.2, -0.15) is 0 Å². The van der Waals surface area contributed by atoms with Crippen LogP contribution in [0, 0.1) is 0 Å². The summed E-state index contributed by atoms with van der Waals surface area (Å²) < 4.78 is 33.2. The maximum absolute atomic E-state index is 11.6. The Bertz CT molecular complexity index is 719. The van der Waals surface area contributed by atoms with Gasteiger partial charge in [0.15, 0.2) is 30.9 Å². The van der Waals surface area contributed by atoms with Gasteiger partial charge >= 0.3 is 17.9 Å². The molecule has 1 aromatic carbocycles. The number of carbonyl (C=O) groups is 3. The van der Waals surface area contributed by atoms with Crippen molar-refractivity contribution < 1.29 is 42.8 Å². The van der Waals surface area contributed by atoms with Crippen molar-refractivity contribution in [1.29, 1.82) is 0 Å². The lowest BCUT2D eigenvalue weighted by Gasteiger charge is -2.28.